The van der Waals surface area contributed by atoms with E-state index in [9.17, 15) is 14.4 Å². The molecule has 0 spiro atoms. The number of nitrogens with zero attached hydrogens (tertiary/aromatic N) is 8. The Morgan fingerprint density at radius 3 is 1.88 bits per heavy atom. The smallest absolute Gasteiger partial charge is 0.276 e. The van der Waals surface area contributed by atoms with Crippen molar-refractivity contribution in [2.75, 3.05) is 17.7 Å². The topological polar surface area (TPSA) is 191 Å². The molecule has 7 rings (SSSR count). The number of nitrogens with two attached hydrogens (primary N) is 1. The third-order valence-electron chi connectivity index (χ3n) is 10.2. The van der Waals surface area contributed by atoms with Crippen molar-refractivity contribution in [3.8, 4) is 11.5 Å². The first-order valence-corrected chi connectivity index (χ1v) is 19.3. The van der Waals surface area contributed by atoms with E-state index in [0.29, 0.717) is 88.5 Å². The monoisotopic (exact) mass is 797 g/mol. The van der Waals surface area contributed by atoms with Gasteiger partial charge in [-0.25, -0.2) is 9.97 Å². The lowest BCUT2D eigenvalue weighted by Crippen LogP contribution is -2.21. The molecule has 0 fully saturated rings. The van der Waals surface area contributed by atoms with Crippen LogP contribution in [0.2, 0.25) is 0 Å². The lowest BCUT2D eigenvalue weighted by molar-refractivity contribution is 0.0995. The fourth-order valence-corrected chi connectivity index (χ4v) is 6.95. The van der Waals surface area contributed by atoms with E-state index >= 15 is 0 Å². The van der Waals surface area contributed by atoms with E-state index in [1.165, 1.54) is 0 Å². The van der Waals surface area contributed by atoms with Gasteiger partial charge in [-0.05, 0) is 102 Å². The number of carbonyl (C=O) groups excluding carboxylic acids is 3. The Kier molecular flexibility index (Phi) is 11.3. The van der Waals surface area contributed by atoms with E-state index in [0.717, 1.165) is 28.2 Å². The number of rotatable bonds is 15. The molecule has 0 unspecified atom stereocenters. The lowest BCUT2D eigenvalue weighted by atomic mass is 10.1. The molecule has 3 aromatic carbocycles. The van der Waals surface area contributed by atoms with Crippen molar-refractivity contribution < 1.29 is 23.9 Å². The van der Waals surface area contributed by atoms with Crippen LogP contribution in [0.4, 0.5) is 11.9 Å². The summed E-state index contributed by atoms with van der Waals surface area (Å²) in [5.41, 5.74) is 13.5. The van der Waals surface area contributed by atoms with Crippen LogP contribution in [0.1, 0.15) is 76.0 Å². The van der Waals surface area contributed by atoms with Crippen LogP contribution in [0.5, 0.6) is 11.5 Å². The lowest BCUT2D eigenvalue weighted by Gasteiger charge is -2.17. The molecule has 304 valence electrons. The van der Waals surface area contributed by atoms with Crippen molar-refractivity contribution >= 4 is 51.7 Å². The number of benzene rings is 3. The highest BCUT2D eigenvalue weighted by Crippen LogP contribution is 2.32. The van der Waals surface area contributed by atoms with Crippen LogP contribution in [-0.2, 0) is 32.8 Å². The molecule has 0 aliphatic carbocycles. The molecule has 0 saturated heterocycles. The van der Waals surface area contributed by atoms with Gasteiger partial charge in [0.2, 0.25) is 17.8 Å². The molecule has 0 bridgehead atoms. The van der Waals surface area contributed by atoms with Gasteiger partial charge in [0.1, 0.15) is 35.0 Å². The number of hydrogen-bond acceptors (Lipinski definition) is 9. The van der Waals surface area contributed by atoms with Gasteiger partial charge in [0.25, 0.3) is 11.8 Å². The van der Waals surface area contributed by atoms with Gasteiger partial charge < -0.3 is 24.3 Å². The molecule has 16 heteroatoms. The zero-order valence-electron chi connectivity index (χ0n) is 34.2. The number of anilines is 2. The highest BCUT2D eigenvalue weighted by Gasteiger charge is 2.23. The summed E-state index contributed by atoms with van der Waals surface area (Å²) in [5.74, 6) is 0.661. The molecule has 4 aromatic heterocycles. The van der Waals surface area contributed by atoms with Crippen molar-refractivity contribution in [2.24, 2.45) is 5.73 Å². The van der Waals surface area contributed by atoms with E-state index < -0.39 is 5.91 Å². The number of allylic oxidation sites excluding steroid dienone is 2. The van der Waals surface area contributed by atoms with Gasteiger partial charge >= 0.3 is 0 Å². The maximum atomic E-state index is 13.8. The van der Waals surface area contributed by atoms with Gasteiger partial charge in [-0.15, -0.1) is 0 Å². The zero-order valence-corrected chi connectivity index (χ0v) is 34.2. The third kappa shape index (κ3) is 8.28. The first kappa shape index (κ1) is 40.0. The summed E-state index contributed by atoms with van der Waals surface area (Å²) in [7, 11) is 1.63. The summed E-state index contributed by atoms with van der Waals surface area (Å²) in [6.45, 7) is 13.5. The van der Waals surface area contributed by atoms with Gasteiger partial charge in [0.05, 0.1) is 35.0 Å². The summed E-state index contributed by atoms with van der Waals surface area (Å²) in [6, 6.07) is 21.8. The first-order valence-electron chi connectivity index (χ1n) is 19.3. The number of fused-ring (bicyclic) bond motifs is 2. The predicted octanol–water partition coefficient (Wildman–Crippen LogP) is 6.66. The Hall–Kier alpha value is -7.23. The van der Waals surface area contributed by atoms with E-state index in [4.69, 9.17) is 25.2 Å². The molecule has 0 aliphatic heterocycles. The summed E-state index contributed by atoms with van der Waals surface area (Å²) >= 11 is 0. The number of hydrogen-bond donors (Lipinski definition) is 3. The molecule has 16 nitrogen and oxygen atoms in total. The summed E-state index contributed by atoms with van der Waals surface area (Å²) in [6.07, 6.45) is 0. The van der Waals surface area contributed by atoms with Crippen LogP contribution >= 0.6 is 0 Å². The second-order valence-corrected chi connectivity index (χ2v) is 14.3. The number of aryl methyl sites for hydroxylation is 4. The highest BCUT2D eigenvalue weighted by atomic mass is 16.5. The quantitative estimate of drug-likeness (QED) is 0.0952. The summed E-state index contributed by atoms with van der Waals surface area (Å²) < 4.78 is 18.9. The molecule has 0 atom stereocenters. The molecule has 0 saturated carbocycles. The Morgan fingerprint density at radius 1 is 0.729 bits per heavy atom. The maximum Gasteiger partial charge on any atom is 0.276 e. The largest absolute Gasteiger partial charge is 0.497 e. The Morgan fingerprint density at radius 2 is 1.31 bits per heavy atom. The van der Waals surface area contributed by atoms with E-state index in [-0.39, 0.29) is 18.4 Å². The van der Waals surface area contributed by atoms with Crippen molar-refractivity contribution in [1.82, 2.24) is 38.7 Å². The summed E-state index contributed by atoms with van der Waals surface area (Å²) in [4.78, 5) is 49.2. The number of ether oxygens (including phenoxy) is 2. The molecule has 3 amide bonds. The number of carbonyl (C=O) groups is 3. The molecular formula is C43H47N11O5. The average Bonchev–Trinajstić information content (AvgIpc) is 3.99. The fraction of sp³-hybridized carbons (Fsp3) is 0.279. The molecule has 4 heterocycles. The minimum atomic E-state index is -0.585. The van der Waals surface area contributed by atoms with Crippen LogP contribution in [-0.4, -0.2) is 63.5 Å². The van der Waals surface area contributed by atoms with Crippen LogP contribution in [0.25, 0.3) is 22.1 Å². The zero-order chi connectivity index (χ0) is 42.0. The average molecular weight is 798 g/mol. The number of amides is 3. The molecular weight excluding hydrogens is 751 g/mol. The number of para-hydroxylation sites is 1. The van der Waals surface area contributed by atoms with E-state index in [2.05, 4.69) is 20.8 Å². The number of nitrogens with one attached hydrogen (secondary N) is 2. The van der Waals surface area contributed by atoms with Crippen LogP contribution in [0.3, 0.4) is 0 Å². The molecule has 0 radical (unpaired) electrons. The molecule has 59 heavy (non-hydrogen) atoms. The van der Waals surface area contributed by atoms with Gasteiger partial charge in [0, 0.05) is 31.7 Å². The standard InChI is InChI=1S/C43H47N11O5/c1-8-53-35(19-27(5)49-53)40(56)47-42-46-33-21-30(39(44)55)15-18-34(33)51(42)22-25(3)26(4)23-52-38-32(45-43(52)48-41(57)36-20-28(6)50-54(36)9-2)11-10-12-37(38)59-24-29-13-16-31(58-7)17-14-29/h10-21H,8-9,22-24H2,1-7H3,(H2,44,55)(H,45,48,57)(H,46,47,56)/b26-25+. The number of imidazole rings is 2. The fourth-order valence-electron chi connectivity index (χ4n) is 6.95. The maximum absolute atomic E-state index is 13.8. The second-order valence-electron chi connectivity index (χ2n) is 14.3. The number of aromatic nitrogens is 8. The van der Waals surface area contributed by atoms with Gasteiger partial charge in [-0.1, -0.05) is 29.3 Å². The van der Waals surface area contributed by atoms with Crippen molar-refractivity contribution in [3.63, 3.8) is 0 Å². The number of primary amides is 1. The summed E-state index contributed by atoms with van der Waals surface area (Å²) in [5, 5.41) is 14.9. The van der Waals surface area contributed by atoms with E-state index in [1.807, 2.05) is 93.1 Å². The van der Waals surface area contributed by atoms with Gasteiger partial charge in [0.15, 0.2) is 0 Å². The van der Waals surface area contributed by atoms with Crippen LogP contribution in [0, 0.1) is 13.8 Å². The number of methoxy groups -OCH3 is 1. The second kappa shape index (κ2) is 16.7. The molecule has 7 aromatic rings. The van der Waals surface area contributed by atoms with Crippen LogP contribution in [0.15, 0.2) is 83.9 Å². The van der Waals surface area contributed by atoms with Gasteiger partial charge in [-0.2, -0.15) is 10.2 Å². The van der Waals surface area contributed by atoms with Crippen molar-refractivity contribution in [2.45, 2.75) is 74.3 Å². The first-order chi connectivity index (χ1) is 28.4. The minimum Gasteiger partial charge on any atom is -0.497 e. The predicted molar refractivity (Wildman–Crippen MR) is 225 cm³/mol. The van der Waals surface area contributed by atoms with Gasteiger partial charge in [-0.3, -0.25) is 34.4 Å². The highest BCUT2D eigenvalue weighted by molar-refractivity contribution is 6.04. The van der Waals surface area contributed by atoms with Crippen LogP contribution < -0.4 is 25.8 Å². The van der Waals surface area contributed by atoms with Crippen molar-refractivity contribution in [1.29, 1.82) is 0 Å². The Labute approximate surface area is 340 Å². The van der Waals surface area contributed by atoms with E-state index in [1.54, 1.807) is 46.8 Å². The SMILES string of the molecule is CCn1nc(C)cc1C(=O)Nc1nc2cc(C(N)=O)ccc2n1C/C(C)=C(\C)Cn1c(NC(=O)c2cc(C)nn2CC)nc2cccc(OCc3ccc(OC)cc3)c21. The Balaban J connectivity index is 1.27. The third-order valence-corrected chi connectivity index (χ3v) is 10.2. The molecule has 0 aliphatic rings. The minimum absolute atomic E-state index is 0.289. The normalized spacial score (nSPS) is 11.8. The van der Waals surface area contributed by atoms with Crippen molar-refractivity contribution in [3.05, 3.63) is 118 Å². The molecule has 4 N–H and O–H groups in total. The Bertz CT molecular complexity index is 2750.